The maximum atomic E-state index is 13.6. The molecule has 1 aromatic rings. The van der Waals surface area contributed by atoms with Crippen molar-refractivity contribution in [2.45, 2.75) is 78.3 Å². The van der Waals surface area contributed by atoms with Gasteiger partial charge in [0, 0.05) is 11.0 Å². The van der Waals surface area contributed by atoms with E-state index in [1.807, 2.05) is 13.8 Å². The normalized spacial score (nSPS) is 18.8. The van der Waals surface area contributed by atoms with Gasteiger partial charge in [-0.15, -0.1) is 0 Å². The Bertz CT molecular complexity index is 562. The second-order valence-electron chi connectivity index (χ2n) is 7.23. The average molecular weight is 332 g/mol. The lowest BCUT2D eigenvalue weighted by Gasteiger charge is -2.40. The highest BCUT2D eigenvalue weighted by atomic mass is 31.1. The van der Waals surface area contributed by atoms with E-state index in [4.69, 9.17) is 0 Å². The lowest BCUT2D eigenvalue weighted by Crippen LogP contribution is -2.42. The van der Waals surface area contributed by atoms with Crippen molar-refractivity contribution < 1.29 is 9.36 Å². The van der Waals surface area contributed by atoms with Gasteiger partial charge in [0.1, 0.15) is 0 Å². The van der Waals surface area contributed by atoms with Crippen molar-refractivity contribution in [3.63, 3.8) is 0 Å². The van der Waals surface area contributed by atoms with Crippen LogP contribution in [0.25, 0.3) is 0 Å². The molecule has 1 atom stereocenters. The SMILES string of the molecule is CCCC(P=O)C1(C(=O)c2c(C)cc(C)cc2C)CCCCC1. The molecular weight excluding hydrogens is 303 g/mol. The maximum Gasteiger partial charge on any atom is 0.170 e. The van der Waals surface area contributed by atoms with Crippen LogP contribution in [0.3, 0.4) is 0 Å². The topological polar surface area (TPSA) is 34.1 Å². The smallest absolute Gasteiger partial charge is 0.170 e. The third-order valence-electron chi connectivity index (χ3n) is 5.43. The van der Waals surface area contributed by atoms with E-state index in [2.05, 4.69) is 26.0 Å². The minimum Gasteiger partial charge on any atom is -0.293 e. The van der Waals surface area contributed by atoms with Gasteiger partial charge in [0.25, 0.3) is 0 Å². The second-order valence-corrected chi connectivity index (χ2v) is 8.06. The number of benzene rings is 1. The molecule has 1 fully saturated rings. The summed E-state index contributed by atoms with van der Waals surface area (Å²) >= 11 is 0. The lowest BCUT2D eigenvalue weighted by molar-refractivity contribution is 0.0693. The van der Waals surface area contributed by atoms with Gasteiger partial charge < -0.3 is 0 Å². The van der Waals surface area contributed by atoms with Gasteiger partial charge in [0.15, 0.2) is 14.2 Å². The number of ketones is 1. The Morgan fingerprint density at radius 3 is 2.17 bits per heavy atom. The van der Waals surface area contributed by atoms with Crippen molar-refractivity contribution in [2.75, 3.05) is 0 Å². The van der Waals surface area contributed by atoms with Crippen LogP contribution >= 0.6 is 8.46 Å². The molecule has 0 saturated heterocycles. The second kappa shape index (κ2) is 7.71. The van der Waals surface area contributed by atoms with E-state index in [9.17, 15) is 9.36 Å². The Kier molecular flexibility index (Phi) is 6.14. The molecule has 1 aromatic carbocycles. The molecule has 0 bridgehead atoms. The van der Waals surface area contributed by atoms with E-state index in [1.165, 1.54) is 12.0 Å². The molecule has 126 valence electrons. The van der Waals surface area contributed by atoms with Gasteiger partial charge in [-0.1, -0.05) is 50.3 Å². The van der Waals surface area contributed by atoms with Crippen LogP contribution in [0.15, 0.2) is 12.1 Å². The summed E-state index contributed by atoms with van der Waals surface area (Å²) in [6.45, 7) is 8.25. The van der Waals surface area contributed by atoms with E-state index in [0.29, 0.717) is 0 Å². The van der Waals surface area contributed by atoms with Gasteiger partial charge in [-0.3, -0.25) is 9.36 Å². The van der Waals surface area contributed by atoms with Crippen LogP contribution in [-0.2, 0) is 4.57 Å². The molecule has 0 heterocycles. The molecule has 0 aliphatic heterocycles. The first-order valence-corrected chi connectivity index (χ1v) is 9.79. The average Bonchev–Trinajstić information content (AvgIpc) is 2.52. The summed E-state index contributed by atoms with van der Waals surface area (Å²) < 4.78 is 11.9. The summed E-state index contributed by atoms with van der Waals surface area (Å²) in [6.07, 6.45) is 6.95. The molecule has 3 heteroatoms. The molecular formula is C20H29O2P. The monoisotopic (exact) mass is 332 g/mol. The number of carbonyl (C=O) groups is 1. The maximum absolute atomic E-state index is 13.6. The predicted octanol–water partition coefficient (Wildman–Crippen LogP) is 6.21. The van der Waals surface area contributed by atoms with E-state index in [0.717, 1.165) is 55.2 Å². The number of carbonyl (C=O) groups excluding carboxylic acids is 1. The van der Waals surface area contributed by atoms with Crippen molar-refractivity contribution in [3.8, 4) is 0 Å². The van der Waals surface area contributed by atoms with Crippen LogP contribution in [0.5, 0.6) is 0 Å². The van der Waals surface area contributed by atoms with Crippen LogP contribution in [-0.4, -0.2) is 11.4 Å². The number of hydrogen-bond donors (Lipinski definition) is 0. The molecule has 0 aromatic heterocycles. The fourth-order valence-electron chi connectivity index (χ4n) is 4.38. The predicted molar refractivity (Wildman–Crippen MR) is 96.8 cm³/mol. The third kappa shape index (κ3) is 3.58. The van der Waals surface area contributed by atoms with Crippen LogP contribution in [0.1, 0.15) is 78.9 Å². The number of rotatable bonds is 6. The zero-order chi connectivity index (χ0) is 17.0. The standard InChI is InChI=1S/C20H29O2P/c1-5-9-17(23-22)20(10-7-6-8-11-20)19(21)18-15(3)12-14(2)13-16(18)4/h12-13,17H,5-11H2,1-4H3. The largest absolute Gasteiger partial charge is 0.293 e. The van der Waals surface area contributed by atoms with Crippen molar-refractivity contribution in [1.29, 1.82) is 0 Å². The van der Waals surface area contributed by atoms with Gasteiger partial charge in [-0.2, -0.15) is 0 Å². The first kappa shape index (κ1) is 18.3. The lowest BCUT2D eigenvalue weighted by atomic mass is 9.65. The Hall–Kier alpha value is -1.01. The molecule has 0 spiro atoms. The molecule has 0 radical (unpaired) electrons. The molecule has 1 aliphatic carbocycles. The quantitative estimate of drug-likeness (QED) is 0.459. The zero-order valence-corrected chi connectivity index (χ0v) is 15.8. The summed E-state index contributed by atoms with van der Waals surface area (Å²) in [5, 5.41) is 0. The Morgan fingerprint density at radius 1 is 1.13 bits per heavy atom. The van der Waals surface area contributed by atoms with Crippen molar-refractivity contribution >= 4 is 14.2 Å². The van der Waals surface area contributed by atoms with Gasteiger partial charge in [-0.05, 0) is 51.2 Å². The Labute approximate surface area is 142 Å². The highest BCUT2D eigenvalue weighted by Gasteiger charge is 2.47. The summed E-state index contributed by atoms with van der Waals surface area (Å²) in [4.78, 5) is 13.6. The summed E-state index contributed by atoms with van der Waals surface area (Å²) in [6, 6.07) is 4.20. The van der Waals surface area contributed by atoms with Crippen LogP contribution in [0, 0.1) is 26.2 Å². The molecule has 2 nitrogen and oxygen atoms in total. The Morgan fingerprint density at radius 2 is 1.70 bits per heavy atom. The summed E-state index contributed by atoms with van der Waals surface area (Å²) in [7, 11) is 0.141. The fraction of sp³-hybridized carbons (Fsp3) is 0.650. The van der Waals surface area contributed by atoms with Crippen LogP contribution in [0.2, 0.25) is 0 Å². The molecule has 1 unspecified atom stereocenters. The van der Waals surface area contributed by atoms with Crippen molar-refractivity contribution in [2.24, 2.45) is 5.41 Å². The minimum absolute atomic E-state index is 0.0413. The molecule has 0 N–H and O–H groups in total. The first-order valence-electron chi connectivity index (χ1n) is 8.91. The zero-order valence-electron chi connectivity index (χ0n) is 14.9. The number of Topliss-reactive ketones (excluding diaryl/α,β-unsaturated/α-hetero) is 1. The minimum atomic E-state index is -0.428. The highest BCUT2D eigenvalue weighted by molar-refractivity contribution is 7.24. The molecule has 1 saturated carbocycles. The van der Waals surface area contributed by atoms with Gasteiger partial charge in [-0.25, -0.2) is 0 Å². The number of aryl methyl sites for hydroxylation is 3. The van der Waals surface area contributed by atoms with Crippen LogP contribution < -0.4 is 0 Å². The molecule has 23 heavy (non-hydrogen) atoms. The van der Waals surface area contributed by atoms with Crippen molar-refractivity contribution in [1.82, 2.24) is 0 Å². The fourth-order valence-corrected chi connectivity index (χ4v) is 5.33. The Balaban J connectivity index is 2.51. The van der Waals surface area contributed by atoms with E-state index in [-0.39, 0.29) is 19.9 Å². The molecule has 2 rings (SSSR count). The van der Waals surface area contributed by atoms with Gasteiger partial charge in [0.05, 0.1) is 5.66 Å². The molecule has 1 aliphatic rings. The van der Waals surface area contributed by atoms with E-state index < -0.39 is 5.41 Å². The van der Waals surface area contributed by atoms with Crippen molar-refractivity contribution in [3.05, 3.63) is 34.4 Å². The van der Waals surface area contributed by atoms with E-state index in [1.54, 1.807) is 0 Å². The third-order valence-corrected chi connectivity index (χ3v) is 6.44. The van der Waals surface area contributed by atoms with E-state index >= 15 is 0 Å². The summed E-state index contributed by atoms with van der Waals surface area (Å²) in [5.74, 6) is 0.244. The molecule has 0 amide bonds. The number of hydrogen-bond acceptors (Lipinski definition) is 2. The van der Waals surface area contributed by atoms with Gasteiger partial charge >= 0.3 is 0 Å². The summed E-state index contributed by atoms with van der Waals surface area (Å²) in [5.41, 5.74) is 3.73. The van der Waals surface area contributed by atoms with Gasteiger partial charge in [0.2, 0.25) is 0 Å². The highest BCUT2D eigenvalue weighted by Crippen LogP contribution is 2.48. The van der Waals surface area contributed by atoms with Crippen LogP contribution in [0.4, 0.5) is 0 Å². The first-order chi connectivity index (χ1) is 11.0.